The molecule has 1 amide bonds. The number of nitriles is 1. The van der Waals surface area contributed by atoms with Crippen molar-refractivity contribution in [1.82, 2.24) is 0 Å². The van der Waals surface area contributed by atoms with Gasteiger partial charge in [0.2, 0.25) is 5.91 Å². The lowest BCUT2D eigenvalue weighted by Gasteiger charge is -2.08. The van der Waals surface area contributed by atoms with Gasteiger partial charge in [0.25, 0.3) is 0 Å². The zero-order chi connectivity index (χ0) is 12.7. The summed E-state index contributed by atoms with van der Waals surface area (Å²) in [5, 5.41) is 8.50. The van der Waals surface area contributed by atoms with E-state index in [2.05, 4.69) is 4.99 Å². The molecule has 0 spiro atoms. The van der Waals surface area contributed by atoms with Gasteiger partial charge in [0.15, 0.2) is 0 Å². The zero-order valence-corrected chi connectivity index (χ0v) is 9.76. The molecule has 1 aromatic rings. The van der Waals surface area contributed by atoms with E-state index < -0.39 is 11.9 Å². The van der Waals surface area contributed by atoms with Gasteiger partial charge in [0, 0.05) is 12.1 Å². The lowest BCUT2D eigenvalue weighted by molar-refractivity contribution is -0.119. The molecular weight excluding hydrogens is 214 g/mol. The second-order valence-corrected chi connectivity index (χ2v) is 3.70. The zero-order valence-electron chi connectivity index (χ0n) is 9.76. The summed E-state index contributed by atoms with van der Waals surface area (Å²) in [5.74, 6) is -0.490. The molecule has 1 unspecified atom stereocenters. The first-order valence-corrected chi connectivity index (χ1v) is 5.41. The highest BCUT2D eigenvalue weighted by atomic mass is 16.1. The van der Waals surface area contributed by atoms with Crippen LogP contribution in [0.5, 0.6) is 0 Å². The summed E-state index contributed by atoms with van der Waals surface area (Å²) in [7, 11) is 0. The first-order chi connectivity index (χ1) is 8.15. The van der Waals surface area contributed by atoms with Gasteiger partial charge in [-0.15, -0.1) is 0 Å². The van der Waals surface area contributed by atoms with Crippen molar-refractivity contribution < 1.29 is 4.79 Å². The quantitative estimate of drug-likeness (QED) is 0.779. The fourth-order valence-electron chi connectivity index (χ4n) is 1.46. The van der Waals surface area contributed by atoms with E-state index in [1.807, 2.05) is 43.3 Å². The Morgan fingerprint density at radius 2 is 2.12 bits per heavy atom. The van der Waals surface area contributed by atoms with E-state index in [1.54, 1.807) is 0 Å². The SMILES string of the molecule is CC(=NC(CCC#N)C(N)=O)c1ccccc1. The second kappa shape index (κ2) is 6.44. The molecule has 1 rings (SSSR count). The van der Waals surface area contributed by atoms with Crippen LogP contribution in [0.3, 0.4) is 0 Å². The predicted molar refractivity (Wildman–Crippen MR) is 66.5 cm³/mol. The highest BCUT2D eigenvalue weighted by Gasteiger charge is 2.13. The highest BCUT2D eigenvalue weighted by Crippen LogP contribution is 2.06. The van der Waals surface area contributed by atoms with Crippen molar-refractivity contribution in [3.63, 3.8) is 0 Å². The van der Waals surface area contributed by atoms with Crippen molar-refractivity contribution in [1.29, 1.82) is 5.26 Å². The van der Waals surface area contributed by atoms with Crippen LogP contribution in [-0.2, 0) is 4.79 Å². The molecule has 88 valence electrons. The maximum atomic E-state index is 11.2. The normalized spacial score (nSPS) is 12.8. The standard InChI is InChI=1S/C13H15N3O/c1-10(11-6-3-2-4-7-11)16-12(13(15)17)8-5-9-14/h2-4,6-7,12H,5,8H2,1H3,(H2,15,17). The van der Waals surface area contributed by atoms with Crippen LogP contribution in [0.2, 0.25) is 0 Å². The first-order valence-electron chi connectivity index (χ1n) is 5.41. The molecule has 4 heteroatoms. The Kier molecular flexibility index (Phi) is 4.89. The summed E-state index contributed by atoms with van der Waals surface area (Å²) in [6.45, 7) is 1.83. The van der Waals surface area contributed by atoms with Crippen molar-refractivity contribution in [3.8, 4) is 6.07 Å². The molecule has 0 bridgehead atoms. The van der Waals surface area contributed by atoms with Crippen LogP contribution in [0.1, 0.15) is 25.3 Å². The van der Waals surface area contributed by atoms with Crippen LogP contribution in [0.4, 0.5) is 0 Å². The molecule has 0 aliphatic rings. The topological polar surface area (TPSA) is 79.2 Å². The lowest BCUT2D eigenvalue weighted by Crippen LogP contribution is -2.27. The van der Waals surface area contributed by atoms with Crippen molar-refractivity contribution in [2.24, 2.45) is 10.7 Å². The molecule has 0 heterocycles. The number of amides is 1. The Morgan fingerprint density at radius 3 is 2.65 bits per heavy atom. The van der Waals surface area contributed by atoms with Crippen LogP contribution in [-0.4, -0.2) is 17.7 Å². The maximum absolute atomic E-state index is 11.2. The Bertz CT molecular complexity index is 445. The van der Waals surface area contributed by atoms with E-state index in [0.717, 1.165) is 11.3 Å². The van der Waals surface area contributed by atoms with Gasteiger partial charge in [-0.1, -0.05) is 30.3 Å². The number of hydrogen-bond donors (Lipinski definition) is 1. The minimum Gasteiger partial charge on any atom is -0.368 e. The number of nitrogens with two attached hydrogens (primary N) is 1. The molecule has 17 heavy (non-hydrogen) atoms. The number of carbonyl (C=O) groups excluding carboxylic acids is 1. The monoisotopic (exact) mass is 229 g/mol. The van der Waals surface area contributed by atoms with Crippen LogP contribution in [0, 0.1) is 11.3 Å². The number of aliphatic imine (C=N–C) groups is 1. The number of nitrogens with zero attached hydrogens (tertiary/aromatic N) is 2. The Labute approximate surface area is 101 Å². The van der Waals surface area contributed by atoms with Crippen LogP contribution < -0.4 is 5.73 Å². The Balaban J connectivity index is 2.84. The van der Waals surface area contributed by atoms with Crippen molar-refractivity contribution in [2.75, 3.05) is 0 Å². The molecule has 0 radical (unpaired) electrons. The fraction of sp³-hybridized carbons (Fsp3) is 0.308. The molecule has 2 N–H and O–H groups in total. The number of benzene rings is 1. The van der Waals surface area contributed by atoms with E-state index in [-0.39, 0.29) is 6.42 Å². The molecule has 1 atom stereocenters. The van der Waals surface area contributed by atoms with E-state index in [0.29, 0.717) is 6.42 Å². The second-order valence-electron chi connectivity index (χ2n) is 3.70. The Morgan fingerprint density at radius 1 is 1.47 bits per heavy atom. The number of rotatable bonds is 5. The summed E-state index contributed by atoms with van der Waals surface area (Å²) in [4.78, 5) is 15.5. The third-order valence-electron chi connectivity index (χ3n) is 2.40. The summed E-state index contributed by atoms with van der Waals surface area (Å²) in [6.07, 6.45) is 0.648. The smallest absolute Gasteiger partial charge is 0.242 e. The summed E-state index contributed by atoms with van der Waals surface area (Å²) >= 11 is 0. The maximum Gasteiger partial charge on any atom is 0.242 e. The average Bonchev–Trinajstić information content (AvgIpc) is 2.35. The molecule has 0 aromatic heterocycles. The van der Waals surface area contributed by atoms with Crippen molar-refractivity contribution in [3.05, 3.63) is 35.9 Å². The summed E-state index contributed by atoms with van der Waals surface area (Å²) in [6, 6.07) is 10.9. The molecule has 0 aliphatic heterocycles. The third kappa shape index (κ3) is 4.07. The van der Waals surface area contributed by atoms with Crippen molar-refractivity contribution >= 4 is 11.6 Å². The lowest BCUT2D eigenvalue weighted by atomic mass is 10.1. The van der Waals surface area contributed by atoms with Gasteiger partial charge >= 0.3 is 0 Å². The summed E-state index contributed by atoms with van der Waals surface area (Å²) in [5.41, 5.74) is 6.96. The van der Waals surface area contributed by atoms with Gasteiger partial charge in [0.05, 0.1) is 6.07 Å². The minimum absolute atomic E-state index is 0.277. The highest BCUT2D eigenvalue weighted by molar-refractivity contribution is 6.00. The summed E-state index contributed by atoms with van der Waals surface area (Å²) < 4.78 is 0. The molecule has 4 nitrogen and oxygen atoms in total. The largest absolute Gasteiger partial charge is 0.368 e. The molecule has 0 fully saturated rings. The third-order valence-corrected chi connectivity index (χ3v) is 2.40. The molecular formula is C13H15N3O. The molecule has 0 saturated heterocycles. The van der Waals surface area contributed by atoms with E-state index in [1.165, 1.54) is 0 Å². The molecule has 1 aromatic carbocycles. The average molecular weight is 229 g/mol. The van der Waals surface area contributed by atoms with Gasteiger partial charge in [0.1, 0.15) is 6.04 Å². The van der Waals surface area contributed by atoms with Crippen LogP contribution in [0.15, 0.2) is 35.3 Å². The number of carbonyl (C=O) groups is 1. The van der Waals surface area contributed by atoms with Gasteiger partial charge in [-0.25, -0.2) is 0 Å². The van der Waals surface area contributed by atoms with Gasteiger partial charge < -0.3 is 5.73 Å². The van der Waals surface area contributed by atoms with Gasteiger partial charge in [-0.05, 0) is 18.9 Å². The fourth-order valence-corrected chi connectivity index (χ4v) is 1.46. The molecule has 0 saturated carbocycles. The van der Waals surface area contributed by atoms with E-state index >= 15 is 0 Å². The predicted octanol–water partition coefficient (Wildman–Crippen LogP) is 1.65. The molecule has 0 aliphatic carbocycles. The van der Waals surface area contributed by atoms with E-state index in [4.69, 9.17) is 11.0 Å². The van der Waals surface area contributed by atoms with Crippen LogP contribution in [0.25, 0.3) is 0 Å². The number of hydrogen-bond acceptors (Lipinski definition) is 3. The first kappa shape index (κ1) is 12.9. The minimum atomic E-state index is -0.616. The van der Waals surface area contributed by atoms with Crippen LogP contribution >= 0.6 is 0 Å². The Hall–Kier alpha value is -2.15. The van der Waals surface area contributed by atoms with Crippen molar-refractivity contribution in [2.45, 2.75) is 25.8 Å². The van der Waals surface area contributed by atoms with Gasteiger partial charge in [-0.3, -0.25) is 9.79 Å². The van der Waals surface area contributed by atoms with E-state index in [9.17, 15) is 4.79 Å². The van der Waals surface area contributed by atoms with Gasteiger partial charge in [-0.2, -0.15) is 5.26 Å². The number of primary amides is 1.